The summed E-state index contributed by atoms with van der Waals surface area (Å²) in [6.45, 7) is 1.46. The van der Waals surface area contributed by atoms with Crippen LogP contribution in [0.2, 0.25) is 0 Å². The molecule has 3 aromatic carbocycles. The first kappa shape index (κ1) is 17.4. The van der Waals surface area contributed by atoms with Gasteiger partial charge >= 0.3 is 5.97 Å². The molecule has 0 radical (unpaired) electrons. The highest BCUT2D eigenvalue weighted by molar-refractivity contribution is 7.33. The van der Waals surface area contributed by atoms with Gasteiger partial charge in [0, 0.05) is 13.1 Å². The van der Waals surface area contributed by atoms with E-state index in [2.05, 4.69) is 72.8 Å². The lowest BCUT2D eigenvalue weighted by Crippen LogP contribution is -2.32. The Morgan fingerprint density at radius 3 is 1.44 bits per heavy atom. The van der Waals surface area contributed by atoms with E-state index in [0.29, 0.717) is 6.16 Å². The maximum absolute atomic E-state index is 11.3. The first-order valence-corrected chi connectivity index (χ1v) is 9.42. The Morgan fingerprint density at radius 1 is 0.760 bits per heavy atom. The van der Waals surface area contributed by atoms with Crippen LogP contribution in [0.3, 0.4) is 0 Å². The van der Waals surface area contributed by atoms with Crippen LogP contribution >= 0.6 is 8.81 Å². The average molecular weight is 348 g/mol. The minimum atomic E-state index is -0.350. The molecular weight excluding hydrogens is 327 g/mol. The van der Waals surface area contributed by atoms with E-state index in [1.54, 1.807) is 0 Å². The predicted octanol–water partition coefficient (Wildman–Crippen LogP) is 5.18. The quantitative estimate of drug-likeness (QED) is 0.453. The predicted molar refractivity (Wildman–Crippen MR) is 104 cm³/mol. The Hall–Kier alpha value is -2.44. The molecule has 0 aliphatic carbocycles. The van der Waals surface area contributed by atoms with Crippen LogP contribution in [0.1, 0.15) is 23.6 Å². The zero-order valence-electron chi connectivity index (χ0n) is 14.2. The SMILES string of the molecule is CC(=O)OPCC(c1ccccc1)(c1ccccc1)c1ccccc1. The normalized spacial score (nSPS) is 11.6. The second-order valence-electron chi connectivity index (χ2n) is 5.92. The summed E-state index contributed by atoms with van der Waals surface area (Å²) in [4.78, 5) is 11.3. The van der Waals surface area contributed by atoms with E-state index in [-0.39, 0.29) is 20.2 Å². The molecular formula is C22H21O2P. The molecule has 0 N–H and O–H groups in total. The van der Waals surface area contributed by atoms with E-state index in [1.807, 2.05) is 18.2 Å². The second-order valence-corrected chi connectivity index (χ2v) is 6.76. The van der Waals surface area contributed by atoms with Gasteiger partial charge in [-0.3, -0.25) is 4.79 Å². The Morgan fingerprint density at radius 2 is 1.12 bits per heavy atom. The van der Waals surface area contributed by atoms with Crippen LogP contribution in [-0.2, 0) is 14.7 Å². The molecule has 3 rings (SSSR count). The summed E-state index contributed by atoms with van der Waals surface area (Å²) in [5, 5.41) is 0. The van der Waals surface area contributed by atoms with Crippen molar-refractivity contribution in [3.8, 4) is 0 Å². The zero-order chi connectivity index (χ0) is 17.5. The van der Waals surface area contributed by atoms with E-state index < -0.39 is 0 Å². The summed E-state index contributed by atoms with van der Waals surface area (Å²) in [5.74, 6) is -0.235. The summed E-state index contributed by atoms with van der Waals surface area (Å²) >= 11 is 0. The minimum absolute atomic E-state index is 0.0910. The molecule has 0 heterocycles. The maximum atomic E-state index is 11.3. The van der Waals surface area contributed by atoms with Gasteiger partial charge in [0.1, 0.15) is 0 Å². The standard InChI is InChI=1S/C22H21O2P/c1-18(23)24-25-17-22(19-11-5-2-6-12-19,20-13-7-3-8-14-20)21-15-9-4-10-16-21/h2-16,25H,17H2,1H3. The third kappa shape index (κ3) is 3.81. The van der Waals surface area contributed by atoms with Gasteiger partial charge in [0.15, 0.2) is 0 Å². The summed E-state index contributed by atoms with van der Waals surface area (Å²) in [7, 11) is 0.0910. The largest absolute Gasteiger partial charge is 0.448 e. The molecule has 3 heteroatoms. The second kappa shape index (κ2) is 8.09. The lowest BCUT2D eigenvalue weighted by atomic mass is 9.71. The third-order valence-corrected chi connectivity index (χ3v) is 5.46. The van der Waals surface area contributed by atoms with Crippen LogP contribution in [0.4, 0.5) is 0 Å². The van der Waals surface area contributed by atoms with Crippen LogP contribution in [0, 0.1) is 0 Å². The Labute approximate surface area is 150 Å². The van der Waals surface area contributed by atoms with Gasteiger partial charge in [-0.2, -0.15) is 0 Å². The molecule has 0 aliphatic rings. The number of carbonyl (C=O) groups is 1. The van der Waals surface area contributed by atoms with Crippen molar-refractivity contribution in [1.29, 1.82) is 0 Å². The van der Waals surface area contributed by atoms with Crippen molar-refractivity contribution < 1.29 is 9.32 Å². The molecule has 25 heavy (non-hydrogen) atoms. The van der Waals surface area contributed by atoms with Crippen molar-refractivity contribution in [2.75, 3.05) is 6.16 Å². The van der Waals surface area contributed by atoms with Crippen LogP contribution in [0.25, 0.3) is 0 Å². The van der Waals surface area contributed by atoms with Gasteiger partial charge in [0.2, 0.25) is 0 Å². The molecule has 0 saturated carbocycles. The first-order valence-electron chi connectivity index (χ1n) is 8.30. The van der Waals surface area contributed by atoms with Gasteiger partial charge in [-0.25, -0.2) is 0 Å². The third-order valence-electron chi connectivity index (χ3n) is 4.35. The highest BCUT2D eigenvalue weighted by Crippen LogP contribution is 2.43. The van der Waals surface area contributed by atoms with Gasteiger partial charge in [0.25, 0.3) is 0 Å². The number of rotatable bonds is 6. The molecule has 1 atom stereocenters. The topological polar surface area (TPSA) is 26.3 Å². The fourth-order valence-electron chi connectivity index (χ4n) is 3.22. The van der Waals surface area contributed by atoms with Gasteiger partial charge in [-0.05, 0) is 16.7 Å². The van der Waals surface area contributed by atoms with E-state index in [4.69, 9.17) is 4.52 Å². The number of carbonyl (C=O) groups excluding carboxylic acids is 1. The van der Waals surface area contributed by atoms with Crippen LogP contribution in [0.5, 0.6) is 0 Å². The molecule has 1 unspecified atom stereocenters. The summed E-state index contributed by atoms with van der Waals surface area (Å²) in [6.07, 6.45) is 0.713. The van der Waals surface area contributed by atoms with Crippen LogP contribution < -0.4 is 0 Å². The number of hydrogen-bond acceptors (Lipinski definition) is 2. The Balaban J connectivity index is 2.18. The van der Waals surface area contributed by atoms with Crippen molar-refractivity contribution in [3.05, 3.63) is 108 Å². The Kier molecular flexibility index (Phi) is 5.63. The van der Waals surface area contributed by atoms with Crippen molar-refractivity contribution >= 4 is 14.8 Å². The zero-order valence-corrected chi connectivity index (χ0v) is 15.2. The average Bonchev–Trinajstić information content (AvgIpc) is 2.67. The number of benzene rings is 3. The van der Waals surface area contributed by atoms with E-state index in [0.717, 1.165) is 0 Å². The highest BCUT2D eigenvalue weighted by Gasteiger charge is 2.36. The molecule has 0 spiro atoms. The fourth-order valence-corrected chi connectivity index (χ4v) is 4.32. The molecule has 126 valence electrons. The molecule has 0 saturated heterocycles. The van der Waals surface area contributed by atoms with Gasteiger partial charge < -0.3 is 4.52 Å². The van der Waals surface area contributed by atoms with E-state index in [9.17, 15) is 4.79 Å². The molecule has 0 aliphatic heterocycles. The van der Waals surface area contributed by atoms with Gasteiger partial charge in [0.05, 0.1) is 14.2 Å². The number of hydrogen-bond donors (Lipinski definition) is 0. The van der Waals surface area contributed by atoms with Gasteiger partial charge in [-0.15, -0.1) is 0 Å². The molecule has 0 bridgehead atoms. The highest BCUT2D eigenvalue weighted by atomic mass is 31.1. The van der Waals surface area contributed by atoms with Crippen LogP contribution in [-0.4, -0.2) is 12.1 Å². The molecule has 0 fully saturated rings. The van der Waals surface area contributed by atoms with Gasteiger partial charge in [-0.1, -0.05) is 91.0 Å². The van der Waals surface area contributed by atoms with Crippen molar-refractivity contribution in [1.82, 2.24) is 0 Å². The molecule has 2 nitrogen and oxygen atoms in total. The smallest absolute Gasteiger partial charge is 0.305 e. The van der Waals surface area contributed by atoms with E-state index >= 15 is 0 Å². The van der Waals surface area contributed by atoms with Crippen LogP contribution in [0.15, 0.2) is 91.0 Å². The lowest BCUT2D eigenvalue weighted by molar-refractivity contribution is -0.130. The van der Waals surface area contributed by atoms with Crippen molar-refractivity contribution in [2.24, 2.45) is 0 Å². The van der Waals surface area contributed by atoms with E-state index in [1.165, 1.54) is 23.6 Å². The lowest BCUT2D eigenvalue weighted by Gasteiger charge is -2.35. The fraction of sp³-hybridized carbons (Fsp3) is 0.136. The summed E-state index contributed by atoms with van der Waals surface area (Å²) in [5.41, 5.74) is 3.25. The Bertz CT molecular complexity index is 705. The van der Waals surface area contributed by atoms with Crippen molar-refractivity contribution in [2.45, 2.75) is 12.3 Å². The maximum Gasteiger partial charge on any atom is 0.305 e. The molecule has 3 aromatic rings. The summed E-state index contributed by atoms with van der Waals surface area (Å²) in [6, 6.07) is 31.3. The minimum Gasteiger partial charge on any atom is -0.448 e. The molecule has 0 aromatic heterocycles. The molecule has 0 amide bonds. The first-order chi connectivity index (χ1) is 12.2. The monoisotopic (exact) mass is 348 g/mol. The summed E-state index contributed by atoms with van der Waals surface area (Å²) < 4.78 is 5.35. The van der Waals surface area contributed by atoms with Crippen molar-refractivity contribution in [3.63, 3.8) is 0 Å².